The molecule has 0 fully saturated rings. The number of alkyl halides is 26. The van der Waals surface area contributed by atoms with E-state index in [1.807, 2.05) is 0 Å². The van der Waals surface area contributed by atoms with E-state index >= 15 is 0 Å². The highest BCUT2D eigenvalue weighted by atomic mass is 19.4. The van der Waals surface area contributed by atoms with Crippen LogP contribution in [0.25, 0.3) is 0 Å². The fourth-order valence-electron chi connectivity index (χ4n) is 2.22. The zero-order chi connectivity index (χ0) is 32.7. The molecule has 26 heteroatoms. The van der Waals surface area contributed by atoms with Crippen LogP contribution >= 0.6 is 0 Å². The Bertz CT molecular complexity index is 927. The zero-order valence-corrected chi connectivity index (χ0v) is 16.3. The minimum Gasteiger partial charge on any atom is -0.194 e. The summed E-state index contributed by atoms with van der Waals surface area (Å²) in [6.45, 7) is 0. The second kappa shape index (κ2) is 8.96. The summed E-state index contributed by atoms with van der Waals surface area (Å²) in [7, 11) is 0. The van der Waals surface area contributed by atoms with Crippen molar-refractivity contribution in [2.75, 3.05) is 0 Å². The van der Waals surface area contributed by atoms with Crippen molar-refractivity contribution in [3.05, 3.63) is 11.1 Å². The van der Waals surface area contributed by atoms with E-state index in [4.69, 9.17) is 0 Å². The molecule has 0 nitrogen and oxygen atoms in total. The van der Waals surface area contributed by atoms with Crippen LogP contribution in [0, 0.1) is 0 Å². The predicted molar refractivity (Wildman–Crippen MR) is 65.9 cm³/mol. The SMILES string of the molecule is FC(F)(F)C(=C(C(F)(F)F)C(F)(F)C(F)(F)C(F)(F)C(F)(F)C(F)(F)C(F)(F)C(F)(F)F)C(F)(F)C(F)(F)F. The van der Waals surface area contributed by atoms with Crippen LogP contribution in [0.4, 0.5) is 114 Å². The molecular formula is C13F26. The van der Waals surface area contributed by atoms with E-state index in [2.05, 4.69) is 0 Å². The van der Waals surface area contributed by atoms with Crippen molar-refractivity contribution in [2.24, 2.45) is 0 Å². The summed E-state index contributed by atoms with van der Waals surface area (Å²) in [5.41, 5.74) is -12.7. The lowest BCUT2D eigenvalue weighted by atomic mass is 9.85. The summed E-state index contributed by atoms with van der Waals surface area (Å²) in [5.74, 6) is -64.0. The summed E-state index contributed by atoms with van der Waals surface area (Å²) in [5, 5.41) is 0. The fraction of sp³-hybridized carbons (Fsp3) is 0.846. The van der Waals surface area contributed by atoms with Crippen molar-refractivity contribution >= 4 is 0 Å². The molecule has 234 valence electrons. The van der Waals surface area contributed by atoms with Gasteiger partial charge in [-0.25, -0.2) is 0 Å². The molecule has 0 aliphatic rings. The Balaban J connectivity index is 8.00. The summed E-state index contributed by atoms with van der Waals surface area (Å²) in [6.07, 6.45) is -33.2. The summed E-state index contributed by atoms with van der Waals surface area (Å²) in [4.78, 5) is 0. The quantitative estimate of drug-likeness (QED) is 0.191. The molecule has 0 aliphatic heterocycles. The van der Waals surface area contributed by atoms with Crippen molar-refractivity contribution in [3.8, 4) is 0 Å². The van der Waals surface area contributed by atoms with E-state index in [1.165, 1.54) is 0 Å². The number of hydrogen-bond donors (Lipinski definition) is 0. The van der Waals surface area contributed by atoms with Crippen LogP contribution in [-0.4, -0.2) is 66.2 Å². The molecule has 0 rings (SSSR count). The molecule has 0 saturated heterocycles. The van der Waals surface area contributed by atoms with Gasteiger partial charge in [-0.2, -0.15) is 114 Å². The van der Waals surface area contributed by atoms with Crippen molar-refractivity contribution in [1.29, 1.82) is 0 Å². The Morgan fingerprint density at radius 2 is 0.462 bits per heavy atom. The topological polar surface area (TPSA) is 0 Å². The molecule has 0 aliphatic carbocycles. The monoisotopic (exact) mass is 650 g/mol. The van der Waals surface area contributed by atoms with Crippen molar-refractivity contribution in [1.82, 2.24) is 0 Å². The van der Waals surface area contributed by atoms with E-state index < -0.39 is 77.3 Å². The first-order valence-corrected chi connectivity index (χ1v) is 7.91. The largest absolute Gasteiger partial charge is 0.460 e. The zero-order valence-electron chi connectivity index (χ0n) is 16.3. The molecule has 39 heavy (non-hydrogen) atoms. The molecule has 0 aromatic heterocycles. The first-order chi connectivity index (χ1) is 16.2. The Kier molecular flexibility index (Phi) is 8.48. The van der Waals surface area contributed by atoms with Crippen LogP contribution in [0.5, 0.6) is 0 Å². The maximum Gasteiger partial charge on any atom is 0.460 e. The molecular weight excluding hydrogens is 650 g/mol. The average Bonchev–Trinajstić information content (AvgIpc) is 2.60. The van der Waals surface area contributed by atoms with Gasteiger partial charge in [0.1, 0.15) is 11.1 Å². The van der Waals surface area contributed by atoms with Gasteiger partial charge in [0.05, 0.1) is 0 Å². The Morgan fingerprint density at radius 3 is 0.692 bits per heavy atom. The lowest BCUT2D eigenvalue weighted by Gasteiger charge is -2.42. The molecule has 0 amide bonds. The van der Waals surface area contributed by atoms with Gasteiger partial charge in [-0.05, 0) is 0 Å². The highest BCUT2D eigenvalue weighted by Crippen LogP contribution is 2.65. The molecule has 0 spiro atoms. The number of allylic oxidation sites excluding steroid dienone is 2. The van der Waals surface area contributed by atoms with Gasteiger partial charge in [-0.15, -0.1) is 0 Å². The molecule has 0 bridgehead atoms. The van der Waals surface area contributed by atoms with E-state index in [9.17, 15) is 114 Å². The van der Waals surface area contributed by atoms with Gasteiger partial charge in [0.2, 0.25) is 0 Å². The third-order valence-electron chi connectivity index (χ3n) is 4.13. The normalized spacial score (nSPS) is 17.4. The Hall–Kier alpha value is -2.08. The van der Waals surface area contributed by atoms with E-state index in [0.717, 1.165) is 0 Å². The highest BCUT2D eigenvalue weighted by molar-refractivity contribution is 5.38. The van der Waals surface area contributed by atoms with Crippen molar-refractivity contribution in [3.63, 3.8) is 0 Å². The van der Waals surface area contributed by atoms with Crippen LogP contribution in [0.1, 0.15) is 0 Å². The lowest BCUT2D eigenvalue weighted by Crippen LogP contribution is -2.73. The van der Waals surface area contributed by atoms with Gasteiger partial charge in [-0.3, -0.25) is 0 Å². The number of hydrogen-bond acceptors (Lipinski definition) is 0. The fourth-order valence-corrected chi connectivity index (χ4v) is 2.22. The van der Waals surface area contributed by atoms with Gasteiger partial charge in [0.15, 0.2) is 0 Å². The maximum absolute atomic E-state index is 13.8. The minimum atomic E-state index is -9.53. The lowest BCUT2D eigenvalue weighted by molar-refractivity contribution is -0.451. The number of halogens is 26. The molecule has 0 unspecified atom stereocenters. The van der Waals surface area contributed by atoms with Crippen LogP contribution in [0.15, 0.2) is 11.1 Å². The van der Waals surface area contributed by atoms with Gasteiger partial charge in [0, 0.05) is 0 Å². The maximum atomic E-state index is 13.8. The molecule has 0 radical (unpaired) electrons. The van der Waals surface area contributed by atoms with Crippen LogP contribution in [0.2, 0.25) is 0 Å². The molecule has 0 atom stereocenters. The Labute approximate surface area is 193 Å². The molecule has 0 aromatic carbocycles. The van der Waals surface area contributed by atoms with Crippen molar-refractivity contribution < 1.29 is 114 Å². The van der Waals surface area contributed by atoms with E-state index in [-0.39, 0.29) is 0 Å². The first kappa shape index (κ1) is 36.9. The number of rotatable bonds is 7. The first-order valence-electron chi connectivity index (χ1n) is 7.91. The van der Waals surface area contributed by atoms with E-state index in [1.54, 1.807) is 0 Å². The minimum absolute atomic E-state index is 6.26. The third kappa shape index (κ3) is 5.23. The highest BCUT2D eigenvalue weighted by Gasteiger charge is 2.94. The summed E-state index contributed by atoms with van der Waals surface area (Å²) < 4.78 is 335. The predicted octanol–water partition coefficient (Wildman–Crippen LogP) is 8.98. The molecule has 0 heterocycles. The smallest absolute Gasteiger partial charge is 0.194 e. The second-order valence-corrected chi connectivity index (χ2v) is 6.76. The molecule has 0 saturated carbocycles. The van der Waals surface area contributed by atoms with Crippen LogP contribution < -0.4 is 0 Å². The second-order valence-electron chi connectivity index (χ2n) is 6.76. The van der Waals surface area contributed by atoms with Crippen LogP contribution in [0.3, 0.4) is 0 Å². The molecule has 0 N–H and O–H groups in total. The summed E-state index contributed by atoms with van der Waals surface area (Å²) >= 11 is 0. The molecule has 0 aromatic rings. The Morgan fingerprint density at radius 1 is 0.231 bits per heavy atom. The van der Waals surface area contributed by atoms with Gasteiger partial charge >= 0.3 is 66.2 Å². The van der Waals surface area contributed by atoms with Gasteiger partial charge in [0.25, 0.3) is 0 Å². The third-order valence-corrected chi connectivity index (χ3v) is 4.13. The van der Waals surface area contributed by atoms with Gasteiger partial charge < -0.3 is 0 Å². The summed E-state index contributed by atoms with van der Waals surface area (Å²) in [6, 6.07) is 0. The standard InChI is InChI=1S/C13F26/c14-3(15,1(5(18,19)20)2(6(21,22)23)4(16,17)12(34,35)36)7(24,25)8(26,27)9(28,29)10(30,31)11(32,33)13(37,38)39. The average molecular weight is 650 g/mol. The van der Waals surface area contributed by atoms with Crippen molar-refractivity contribution in [2.45, 2.75) is 66.2 Å². The van der Waals surface area contributed by atoms with E-state index in [0.29, 0.717) is 0 Å². The van der Waals surface area contributed by atoms with Crippen LogP contribution in [-0.2, 0) is 0 Å². The van der Waals surface area contributed by atoms with Gasteiger partial charge in [-0.1, -0.05) is 0 Å².